The average Bonchev–Trinajstić information content (AvgIpc) is 3.26. The third-order valence-corrected chi connectivity index (χ3v) is 5.55. The number of aromatic nitrogens is 2. The van der Waals surface area contributed by atoms with Crippen LogP contribution in [-0.2, 0) is 0 Å². The van der Waals surface area contributed by atoms with Crippen LogP contribution in [0.3, 0.4) is 0 Å². The predicted molar refractivity (Wildman–Crippen MR) is 135 cm³/mol. The first-order chi connectivity index (χ1) is 16.9. The number of anilines is 2. The Bertz CT molecular complexity index is 1380. The number of methoxy groups -OCH3 is 2. The van der Waals surface area contributed by atoms with Crippen LogP contribution in [0.25, 0.3) is 5.69 Å². The van der Waals surface area contributed by atoms with Crippen molar-refractivity contribution >= 4 is 23.2 Å². The van der Waals surface area contributed by atoms with Gasteiger partial charge < -0.3 is 20.1 Å². The van der Waals surface area contributed by atoms with Crippen LogP contribution in [0.5, 0.6) is 11.5 Å². The minimum atomic E-state index is -0.345. The van der Waals surface area contributed by atoms with E-state index in [1.807, 2.05) is 44.2 Å². The van der Waals surface area contributed by atoms with Crippen molar-refractivity contribution in [2.75, 3.05) is 24.9 Å². The SMILES string of the molecule is COc1cc(NC(=O)c2cnn(-c3cccc(C)c3)c2C)c(OC)cc1NC(=O)c1ccccc1. The fraction of sp³-hybridized carbons (Fsp3) is 0.148. The fourth-order valence-corrected chi connectivity index (χ4v) is 3.72. The van der Waals surface area contributed by atoms with E-state index in [0.717, 1.165) is 11.3 Å². The van der Waals surface area contributed by atoms with Gasteiger partial charge in [0.05, 0.1) is 48.7 Å². The molecule has 1 aromatic heterocycles. The van der Waals surface area contributed by atoms with E-state index in [1.54, 1.807) is 41.1 Å². The van der Waals surface area contributed by atoms with Crippen LogP contribution in [0, 0.1) is 13.8 Å². The van der Waals surface area contributed by atoms with Gasteiger partial charge in [-0.2, -0.15) is 5.10 Å². The van der Waals surface area contributed by atoms with Crippen LogP contribution in [0.15, 0.2) is 72.9 Å². The van der Waals surface area contributed by atoms with E-state index in [1.165, 1.54) is 20.4 Å². The fourth-order valence-electron chi connectivity index (χ4n) is 3.72. The zero-order valence-corrected chi connectivity index (χ0v) is 20.0. The molecule has 0 unspecified atom stereocenters. The van der Waals surface area contributed by atoms with Gasteiger partial charge in [0.2, 0.25) is 0 Å². The summed E-state index contributed by atoms with van der Waals surface area (Å²) >= 11 is 0. The standard InChI is InChI=1S/C27H26N4O4/c1-17-9-8-12-20(13-17)31-18(2)21(16-28-31)27(33)30-23-15-24(34-3)22(14-25(23)35-4)29-26(32)19-10-6-5-7-11-19/h5-16H,1-4H3,(H,29,32)(H,30,33). The van der Waals surface area contributed by atoms with Gasteiger partial charge in [-0.3, -0.25) is 9.59 Å². The number of hydrogen-bond acceptors (Lipinski definition) is 5. The lowest BCUT2D eigenvalue weighted by Crippen LogP contribution is -2.15. The van der Waals surface area contributed by atoms with Crippen molar-refractivity contribution in [3.05, 3.63) is 95.3 Å². The molecule has 0 aliphatic rings. The maximum atomic E-state index is 13.1. The lowest BCUT2D eigenvalue weighted by Gasteiger charge is -2.16. The zero-order valence-electron chi connectivity index (χ0n) is 20.0. The molecule has 0 fully saturated rings. The van der Waals surface area contributed by atoms with E-state index in [-0.39, 0.29) is 11.8 Å². The first-order valence-corrected chi connectivity index (χ1v) is 11.0. The molecule has 8 heteroatoms. The molecule has 178 valence electrons. The maximum absolute atomic E-state index is 13.1. The number of nitrogens with one attached hydrogen (secondary N) is 2. The Labute approximate surface area is 203 Å². The minimum Gasteiger partial charge on any atom is -0.494 e. The molecule has 1 heterocycles. The number of carbonyl (C=O) groups excluding carboxylic acids is 2. The zero-order chi connectivity index (χ0) is 24.9. The number of benzene rings is 3. The molecule has 0 atom stereocenters. The normalized spacial score (nSPS) is 10.5. The van der Waals surface area contributed by atoms with Gasteiger partial charge in [0.15, 0.2) is 0 Å². The molecule has 2 N–H and O–H groups in total. The second-order valence-electron chi connectivity index (χ2n) is 7.92. The van der Waals surface area contributed by atoms with Crippen LogP contribution in [0.1, 0.15) is 32.0 Å². The summed E-state index contributed by atoms with van der Waals surface area (Å²) in [5, 5.41) is 10.1. The Hall–Kier alpha value is -4.59. The summed E-state index contributed by atoms with van der Waals surface area (Å²) in [4.78, 5) is 25.8. The number of rotatable bonds is 7. The van der Waals surface area contributed by atoms with Crippen molar-refractivity contribution in [3.8, 4) is 17.2 Å². The lowest BCUT2D eigenvalue weighted by molar-refractivity contribution is 0.101. The highest BCUT2D eigenvalue weighted by atomic mass is 16.5. The van der Waals surface area contributed by atoms with Crippen molar-refractivity contribution in [1.29, 1.82) is 0 Å². The Morgan fingerprint density at radius 3 is 2.03 bits per heavy atom. The first kappa shape index (κ1) is 23.6. The van der Waals surface area contributed by atoms with Gasteiger partial charge in [-0.05, 0) is 43.7 Å². The number of nitrogens with zero attached hydrogens (tertiary/aromatic N) is 2. The molecule has 4 rings (SSSR count). The maximum Gasteiger partial charge on any atom is 0.259 e. The van der Waals surface area contributed by atoms with Crippen LogP contribution in [0.2, 0.25) is 0 Å². The van der Waals surface area contributed by atoms with Gasteiger partial charge >= 0.3 is 0 Å². The summed E-state index contributed by atoms with van der Waals surface area (Å²) in [5.74, 6) is 0.105. The van der Waals surface area contributed by atoms with Crippen molar-refractivity contribution in [2.24, 2.45) is 0 Å². The highest BCUT2D eigenvalue weighted by molar-refractivity contribution is 6.07. The third kappa shape index (κ3) is 5.01. The van der Waals surface area contributed by atoms with E-state index in [9.17, 15) is 9.59 Å². The van der Waals surface area contributed by atoms with E-state index >= 15 is 0 Å². The topological polar surface area (TPSA) is 94.5 Å². The number of ether oxygens (including phenoxy) is 2. The Kier molecular flexibility index (Phi) is 6.82. The molecule has 0 spiro atoms. The van der Waals surface area contributed by atoms with E-state index in [2.05, 4.69) is 15.7 Å². The monoisotopic (exact) mass is 470 g/mol. The molecule has 3 aromatic carbocycles. The van der Waals surface area contributed by atoms with Gasteiger partial charge in [-0.1, -0.05) is 30.3 Å². The molecular formula is C27H26N4O4. The lowest BCUT2D eigenvalue weighted by atomic mass is 10.1. The molecule has 4 aromatic rings. The predicted octanol–water partition coefficient (Wildman–Crippen LogP) is 5.01. The Morgan fingerprint density at radius 1 is 0.800 bits per heavy atom. The average molecular weight is 471 g/mol. The second-order valence-corrected chi connectivity index (χ2v) is 7.92. The molecular weight excluding hydrogens is 444 g/mol. The highest BCUT2D eigenvalue weighted by Gasteiger charge is 2.20. The molecule has 35 heavy (non-hydrogen) atoms. The number of aryl methyl sites for hydroxylation is 1. The number of amides is 2. The summed E-state index contributed by atoms with van der Waals surface area (Å²) in [6.07, 6.45) is 1.53. The van der Waals surface area contributed by atoms with E-state index in [4.69, 9.17) is 9.47 Å². The quantitative estimate of drug-likeness (QED) is 0.396. The molecule has 0 saturated heterocycles. The molecule has 0 bridgehead atoms. The van der Waals surface area contributed by atoms with Crippen molar-refractivity contribution in [3.63, 3.8) is 0 Å². The molecule has 0 aliphatic heterocycles. The first-order valence-electron chi connectivity index (χ1n) is 11.0. The molecule has 0 radical (unpaired) electrons. The Balaban J connectivity index is 1.60. The van der Waals surface area contributed by atoms with Gasteiger partial charge in [0.1, 0.15) is 11.5 Å². The summed E-state index contributed by atoms with van der Waals surface area (Å²) in [5.41, 5.74) is 4.42. The van der Waals surface area contributed by atoms with Crippen molar-refractivity contribution in [2.45, 2.75) is 13.8 Å². The largest absolute Gasteiger partial charge is 0.494 e. The van der Waals surface area contributed by atoms with Crippen LogP contribution < -0.4 is 20.1 Å². The van der Waals surface area contributed by atoms with E-state index < -0.39 is 0 Å². The third-order valence-electron chi connectivity index (χ3n) is 5.55. The van der Waals surface area contributed by atoms with Gasteiger partial charge in [0.25, 0.3) is 11.8 Å². The van der Waals surface area contributed by atoms with Gasteiger partial charge in [0, 0.05) is 17.7 Å². The summed E-state index contributed by atoms with van der Waals surface area (Å²) < 4.78 is 12.7. The van der Waals surface area contributed by atoms with Gasteiger partial charge in [-0.25, -0.2) is 4.68 Å². The summed E-state index contributed by atoms with van der Waals surface area (Å²) in [6.45, 7) is 3.84. The van der Waals surface area contributed by atoms with Crippen molar-refractivity contribution < 1.29 is 19.1 Å². The van der Waals surface area contributed by atoms with Crippen LogP contribution >= 0.6 is 0 Å². The molecule has 2 amide bonds. The van der Waals surface area contributed by atoms with Gasteiger partial charge in [-0.15, -0.1) is 0 Å². The molecule has 0 saturated carbocycles. The Morgan fingerprint density at radius 2 is 1.43 bits per heavy atom. The minimum absolute atomic E-state index is 0.290. The molecule has 8 nitrogen and oxygen atoms in total. The van der Waals surface area contributed by atoms with Crippen molar-refractivity contribution in [1.82, 2.24) is 9.78 Å². The van der Waals surface area contributed by atoms with Crippen LogP contribution in [0.4, 0.5) is 11.4 Å². The van der Waals surface area contributed by atoms with Crippen LogP contribution in [-0.4, -0.2) is 35.8 Å². The summed E-state index contributed by atoms with van der Waals surface area (Å²) in [7, 11) is 2.98. The summed E-state index contributed by atoms with van der Waals surface area (Å²) in [6, 6.07) is 19.9. The number of carbonyl (C=O) groups is 2. The highest BCUT2D eigenvalue weighted by Crippen LogP contribution is 2.37. The smallest absolute Gasteiger partial charge is 0.259 e. The number of hydrogen-bond donors (Lipinski definition) is 2. The molecule has 0 aliphatic carbocycles. The van der Waals surface area contributed by atoms with E-state index in [0.29, 0.717) is 39.7 Å². The second kappa shape index (κ2) is 10.1.